The van der Waals surface area contributed by atoms with Crippen LogP contribution >= 0.6 is 11.6 Å². The number of hydrogen-bond donors (Lipinski definition) is 2. The SMILES string of the molecule is COc1ccc(C=NNc2ccc(Cl)c(C(=O)O)c2)cc1OC. The predicted octanol–water partition coefficient (Wildman–Crippen LogP) is 3.50. The lowest BCUT2D eigenvalue weighted by Gasteiger charge is -2.07. The van der Waals surface area contributed by atoms with Crippen LogP contribution in [-0.2, 0) is 0 Å². The molecule has 120 valence electrons. The molecule has 0 spiro atoms. The van der Waals surface area contributed by atoms with E-state index < -0.39 is 5.97 Å². The lowest BCUT2D eigenvalue weighted by atomic mass is 10.2. The van der Waals surface area contributed by atoms with E-state index in [4.69, 9.17) is 26.2 Å². The molecule has 0 fully saturated rings. The Morgan fingerprint density at radius 2 is 1.91 bits per heavy atom. The molecule has 23 heavy (non-hydrogen) atoms. The molecule has 2 aromatic rings. The number of aromatic carboxylic acids is 1. The first-order valence-electron chi connectivity index (χ1n) is 6.59. The number of methoxy groups -OCH3 is 2. The standard InChI is InChI=1S/C16H15ClN2O4/c1-22-14-6-3-10(7-15(14)23-2)9-18-19-11-4-5-13(17)12(8-11)16(20)21/h3-9,19H,1-2H3,(H,20,21). The first-order valence-corrected chi connectivity index (χ1v) is 6.97. The van der Waals surface area contributed by atoms with E-state index in [0.29, 0.717) is 17.2 Å². The fourth-order valence-electron chi connectivity index (χ4n) is 1.87. The molecule has 0 aromatic heterocycles. The van der Waals surface area contributed by atoms with Crippen molar-refractivity contribution in [1.82, 2.24) is 0 Å². The van der Waals surface area contributed by atoms with Gasteiger partial charge < -0.3 is 14.6 Å². The number of ether oxygens (including phenoxy) is 2. The molecule has 2 aromatic carbocycles. The van der Waals surface area contributed by atoms with Crippen LogP contribution in [-0.4, -0.2) is 31.5 Å². The molecule has 0 radical (unpaired) electrons. The Kier molecular flexibility index (Phi) is 5.43. The summed E-state index contributed by atoms with van der Waals surface area (Å²) >= 11 is 5.81. The Morgan fingerprint density at radius 1 is 1.17 bits per heavy atom. The Morgan fingerprint density at radius 3 is 2.57 bits per heavy atom. The average Bonchev–Trinajstić information content (AvgIpc) is 2.55. The molecule has 2 N–H and O–H groups in total. The quantitative estimate of drug-likeness (QED) is 0.624. The second-order valence-corrected chi connectivity index (χ2v) is 4.89. The van der Waals surface area contributed by atoms with Crippen LogP contribution in [0.3, 0.4) is 0 Å². The van der Waals surface area contributed by atoms with Gasteiger partial charge in [-0.3, -0.25) is 5.43 Å². The summed E-state index contributed by atoms with van der Waals surface area (Å²) in [5.41, 5.74) is 4.08. The van der Waals surface area contributed by atoms with Gasteiger partial charge in [0.2, 0.25) is 0 Å². The molecule has 0 saturated heterocycles. The topological polar surface area (TPSA) is 80.2 Å². The number of halogens is 1. The summed E-state index contributed by atoms with van der Waals surface area (Å²) in [5, 5.41) is 13.3. The maximum Gasteiger partial charge on any atom is 0.337 e. The molecule has 7 heteroatoms. The number of anilines is 1. The highest BCUT2D eigenvalue weighted by Crippen LogP contribution is 2.27. The third-order valence-corrected chi connectivity index (χ3v) is 3.34. The van der Waals surface area contributed by atoms with Crippen LogP contribution in [0, 0.1) is 0 Å². The van der Waals surface area contributed by atoms with Crippen LogP contribution in [0.4, 0.5) is 5.69 Å². The monoisotopic (exact) mass is 334 g/mol. The van der Waals surface area contributed by atoms with Crippen LogP contribution < -0.4 is 14.9 Å². The van der Waals surface area contributed by atoms with E-state index in [1.54, 1.807) is 38.6 Å². The van der Waals surface area contributed by atoms with Gasteiger partial charge >= 0.3 is 5.97 Å². The van der Waals surface area contributed by atoms with Crippen molar-refractivity contribution in [3.05, 3.63) is 52.5 Å². The molecule has 0 amide bonds. The van der Waals surface area contributed by atoms with Crippen LogP contribution in [0.1, 0.15) is 15.9 Å². The third-order valence-electron chi connectivity index (χ3n) is 3.01. The number of carboxylic acids is 1. The minimum atomic E-state index is -1.09. The molecule has 6 nitrogen and oxygen atoms in total. The average molecular weight is 335 g/mol. The Balaban J connectivity index is 2.13. The van der Waals surface area contributed by atoms with Crippen molar-refractivity contribution in [2.24, 2.45) is 5.10 Å². The van der Waals surface area contributed by atoms with Crippen LogP contribution in [0.25, 0.3) is 0 Å². The zero-order valence-electron chi connectivity index (χ0n) is 12.5. The van der Waals surface area contributed by atoms with Gasteiger partial charge in [-0.25, -0.2) is 4.79 Å². The number of rotatable bonds is 6. The smallest absolute Gasteiger partial charge is 0.337 e. The summed E-state index contributed by atoms with van der Waals surface area (Å²) in [7, 11) is 3.12. The van der Waals surface area contributed by atoms with Crippen LogP contribution in [0.5, 0.6) is 11.5 Å². The molecule has 0 aliphatic rings. The predicted molar refractivity (Wildman–Crippen MR) is 89.2 cm³/mol. The highest BCUT2D eigenvalue weighted by atomic mass is 35.5. The van der Waals surface area contributed by atoms with Gasteiger partial charge in [-0.15, -0.1) is 0 Å². The Labute approximate surface area is 138 Å². The van der Waals surface area contributed by atoms with E-state index in [9.17, 15) is 4.79 Å². The number of carbonyl (C=O) groups is 1. The lowest BCUT2D eigenvalue weighted by Crippen LogP contribution is -1.99. The van der Waals surface area contributed by atoms with Crippen molar-refractivity contribution in [2.45, 2.75) is 0 Å². The first kappa shape index (κ1) is 16.6. The molecular formula is C16H15ClN2O4. The second-order valence-electron chi connectivity index (χ2n) is 4.48. The Bertz CT molecular complexity index is 747. The number of carboxylic acid groups (broad SMARTS) is 1. The summed E-state index contributed by atoms with van der Waals surface area (Å²) in [6.45, 7) is 0. The number of nitrogens with one attached hydrogen (secondary N) is 1. The minimum Gasteiger partial charge on any atom is -0.493 e. The summed E-state index contributed by atoms with van der Waals surface area (Å²) in [4.78, 5) is 11.0. The molecule has 2 rings (SSSR count). The highest BCUT2D eigenvalue weighted by molar-refractivity contribution is 6.33. The lowest BCUT2D eigenvalue weighted by molar-refractivity contribution is 0.0697. The number of nitrogens with zero attached hydrogens (tertiary/aromatic N) is 1. The number of benzene rings is 2. The van der Waals surface area contributed by atoms with Crippen molar-refractivity contribution >= 4 is 29.5 Å². The normalized spacial score (nSPS) is 10.6. The summed E-state index contributed by atoms with van der Waals surface area (Å²) < 4.78 is 10.4. The van der Waals surface area contributed by atoms with Crippen molar-refractivity contribution in [2.75, 3.05) is 19.6 Å². The van der Waals surface area contributed by atoms with Crippen LogP contribution in [0.15, 0.2) is 41.5 Å². The maximum atomic E-state index is 11.0. The molecule has 0 atom stereocenters. The molecule has 0 aliphatic carbocycles. The van der Waals surface area contributed by atoms with E-state index in [1.807, 2.05) is 6.07 Å². The van der Waals surface area contributed by atoms with Gasteiger partial charge in [0.25, 0.3) is 0 Å². The van der Waals surface area contributed by atoms with Crippen molar-refractivity contribution in [3.8, 4) is 11.5 Å². The zero-order chi connectivity index (χ0) is 16.8. The van der Waals surface area contributed by atoms with Gasteiger partial charge in [-0.1, -0.05) is 11.6 Å². The largest absolute Gasteiger partial charge is 0.493 e. The van der Waals surface area contributed by atoms with E-state index in [1.165, 1.54) is 12.1 Å². The van der Waals surface area contributed by atoms with Gasteiger partial charge in [-0.05, 0) is 42.0 Å². The molecule has 0 unspecified atom stereocenters. The zero-order valence-corrected chi connectivity index (χ0v) is 13.3. The molecule has 0 heterocycles. The van der Waals surface area contributed by atoms with Crippen molar-refractivity contribution in [3.63, 3.8) is 0 Å². The van der Waals surface area contributed by atoms with Gasteiger partial charge in [0.1, 0.15) is 0 Å². The van der Waals surface area contributed by atoms with E-state index in [0.717, 1.165) is 5.56 Å². The van der Waals surface area contributed by atoms with E-state index in [2.05, 4.69) is 10.5 Å². The second kappa shape index (κ2) is 7.51. The van der Waals surface area contributed by atoms with Crippen molar-refractivity contribution in [1.29, 1.82) is 0 Å². The molecular weight excluding hydrogens is 320 g/mol. The fraction of sp³-hybridized carbons (Fsp3) is 0.125. The number of hydrogen-bond acceptors (Lipinski definition) is 5. The van der Waals surface area contributed by atoms with Gasteiger partial charge in [0.05, 0.1) is 36.7 Å². The minimum absolute atomic E-state index is 0.0120. The summed E-state index contributed by atoms with van der Waals surface area (Å²) in [6.07, 6.45) is 1.58. The summed E-state index contributed by atoms with van der Waals surface area (Å²) in [6, 6.07) is 9.91. The third kappa shape index (κ3) is 4.14. The molecule has 0 saturated carbocycles. The van der Waals surface area contributed by atoms with E-state index >= 15 is 0 Å². The maximum absolute atomic E-state index is 11.0. The molecule has 0 aliphatic heterocycles. The molecule has 0 bridgehead atoms. The van der Waals surface area contributed by atoms with Gasteiger partial charge in [0, 0.05) is 0 Å². The van der Waals surface area contributed by atoms with E-state index in [-0.39, 0.29) is 10.6 Å². The number of hydrazone groups is 1. The van der Waals surface area contributed by atoms with Gasteiger partial charge in [0.15, 0.2) is 11.5 Å². The fourth-order valence-corrected chi connectivity index (χ4v) is 2.07. The Hall–Kier alpha value is -2.73. The first-order chi connectivity index (χ1) is 11.0. The summed E-state index contributed by atoms with van der Waals surface area (Å²) in [5.74, 6) is 0.125. The highest BCUT2D eigenvalue weighted by Gasteiger charge is 2.09. The van der Waals surface area contributed by atoms with Crippen LogP contribution in [0.2, 0.25) is 5.02 Å². The van der Waals surface area contributed by atoms with Gasteiger partial charge in [-0.2, -0.15) is 5.10 Å². The van der Waals surface area contributed by atoms with Crippen molar-refractivity contribution < 1.29 is 19.4 Å².